The number of aliphatic hydroxyl groups excluding tert-OH is 1. The lowest BCUT2D eigenvalue weighted by atomic mass is 10.1. The van der Waals surface area contributed by atoms with E-state index in [1.807, 2.05) is 7.05 Å². The highest BCUT2D eigenvalue weighted by atomic mass is 16.3. The number of rotatable bonds is 7. The summed E-state index contributed by atoms with van der Waals surface area (Å²) in [6, 6.07) is 8.74. The smallest absolute Gasteiger partial charge is 0.0788 e. The molecule has 0 aliphatic heterocycles. The van der Waals surface area contributed by atoms with E-state index >= 15 is 0 Å². The zero-order valence-corrected chi connectivity index (χ0v) is 10.9. The van der Waals surface area contributed by atoms with Crippen molar-refractivity contribution in [3.63, 3.8) is 0 Å². The minimum absolute atomic E-state index is 0.329. The Morgan fingerprint density at radius 2 is 1.82 bits per heavy atom. The maximum atomic E-state index is 9.43. The Hall–Kier alpha value is -0.900. The predicted molar refractivity (Wildman–Crippen MR) is 72.1 cm³/mol. The summed E-state index contributed by atoms with van der Waals surface area (Å²) in [7, 11) is 2.01. The highest BCUT2D eigenvalue weighted by molar-refractivity contribution is 5.22. The minimum atomic E-state index is -0.414. The van der Waals surface area contributed by atoms with E-state index < -0.39 is 6.10 Å². The molecule has 0 saturated heterocycles. The number of aryl methyl sites for hydroxylation is 1. The maximum absolute atomic E-state index is 9.43. The van der Waals surface area contributed by atoms with Crippen LogP contribution >= 0.6 is 0 Å². The van der Waals surface area contributed by atoms with Crippen molar-refractivity contribution in [3.05, 3.63) is 35.4 Å². The van der Waals surface area contributed by atoms with Crippen LogP contribution in [0.3, 0.4) is 0 Å². The second kappa shape index (κ2) is 7.43. The van der Waals surface area contributed by atoms with Crippen LogP contribution in [0.25, 0.3) is 0 Å². The van der Waals surface area contributed by atoms with Gasteiger partial charge in [-0.25, -0.2) is 0 Å². The number of hydrogen-bond acceptors (Lipinski definition) is 3. The highest BCUT2D eigenvalue weighted by Crippen LogP contribution is 2.06. The average Bonchev–Trinajstić information content (AvgIpc) is 2.36. The van der Waals surface area contributed by atoms with Gasteiger partial charge >= 0.3 is 0 Å². The monoisotopic (exact) mass is 236 g/mol. The molecule has 0 aliphatic carbocycles. The molecule has 0 heterocycles. The third-order valence-electron chi connectivity index (χ3n) is 3.01. The standard InChI is InChI=1S/C14H24N2O/c1-3-12-4-6-13(7-5-12)8-9-16(2)11-14(17)10-15/h4-7,14,17H,3,8-11,15H2,1-2H3. The van der Waals surface area contributed by atoms with Gasteiger partial charge in [-0.15, -0.1) is 0 Å². The number of benzene rings is 1. The lowest BCUT2D eigenvalue weighted by molar-refractivity contribution is 0.133. The first-order valence-electron chi connectivity index (χ1n) is 6.30. The van der Waals surface area contributed by atoms with Crippen LogP contribution in [0.2, 0.25) is 0 Å². The lowest BCUT2D eigenvalue weighted by Crippen LogP contribution is -2.35. The maximum Gasteiger partial charge on any atom is 0.0788 e. The van der Waals surface area contributed by atoms with Gasteiger partial charge < -0.3 is 15.7 Å². The molecule has 96 valence electrons. The van der Waals surface area contributed by atoms with Gasteiger partial charge in [0.25, 0.3) is 0 Å². The lowest BCUT2D eigenvalue weighted by Gasteiger charge is -2.19. The third kappa shape index (κ3) is 5.31. The van der Waals surface area contributed by atoms with E-state index in [1.54, 1.807) is 0 Å². The molecule has 0 saturated carbocycles. The molecule has 0 aliphatic rings. The fraction of sp³-hybridized carbons (Fsp3) is 0.571. The van der Waals surface area contributed by atoms with Gasteiger partial charge in [0.1, 0.15) is 0 Å². The summed E-state index contributed by atoms with van der Waals surface area (Å²) >= 11 is 0. The summed E-state index contributed by atoms with van der Waals surface area (Å²) in [5.41, 5.74) is 8.10. The zero-order chi connectivity index (χ0) is 12.7. The van der Waals surface area contributed by atoms with Gasteiger partial charge in [-0.1, -0.05) is 31.2 Å². The van der Waals surface area contributed by atoms with E-state index in [2.05, 4.69) is 36.1 Å². The molecule has 1 aromatic carbocycles. The molecule has 0 spiro atoms. The molecule has 3 N–H and O–H groups in total. The van der Waals surface area contributed by atoms with Crippen molar-refractivity contribution >= 4 is 0 Å². The Morgan fingerprint density at radius 1 is 1.24 bits per heavy atom. The molecule has 1 aromatic rings. The predicted octanol–water partition coefficient (Wildman–Crippen LogP) is 1.04. The fourth-order valence-corrected chi connectivity index (χ4v) is 1.79. The van der Waals surface area contributed by atoms with E-state index in [-0.39, 0.29) is 0 Å². The van der Waals surface area contributed by atoms with Crippen molar-refractivity contribution in [2.75, 3.05) is 26.7 Å². The second-order valence-corrected chi connectivity index (χ2v) is 4.57. The van der Waals surface area contributed by atoms with Gasteiger partial charge in [-0.3, -0.25) is 0 Å². The van der Waals surface area contributed by atoms with Crippen molar-refractivity contribution in [3.8, 4) is 0 Å². The second-order valence-electron chi connectivity index (χ2n) is 4.57. The molecule has 3 heteroatoms. The molecular weight excluding hydrogens is 212 g/mol. The molecule has 3 nitrogen and oxygen atoms in total. The number of nitrogens with two attached hydrogens (primary N) is 1. The Labute approximate surface area is 104 Å². The molecule has 1 rings (SSSR count). The SMILES string of the molecule is CCc1ccc(CCN(C)CC(O)CN)cc1. The van der Waals surface area contributed by atoms with Crippen molar-refractivity contribution in [1.82, 2.24) is 4.90 Å². The quantitative estimate of drug-likeness (QED) is 0.744. The van der Waals surface area contributed by atoms with E-state index in [4.69, 9.17) is 5.73 Å². The van der Waals surface area contributed by atoms with Crippen LogP contribution in [0.1, 0.15) is 18.1 Å². The van der Waals surface area contributed by atoms with Crippen LogP contribution < -0.4 is 5.73 Å². The highest BCUT2D eigenvalue weighted by Gasteiger charge is 2.05. The summed E-state index contributed by atoms with van der Waals surface area (Å²) in [5.74, 6) is 0. The van der Waals surface area contributed by atoms with Gasteiger partial charge in [-0.05, 0) is 31.0 Å². The van der Waals surface area contributed by atoms with Crippen LogP contribution in [0.15, 0.2) is 24.3 Å². The average molecular weight is 236 g/mol. The molecule has 0 aromatic heterocycles. The molecule has 17 heavy (non-hydrogen) atoms. The third-order valence-corrected chi connectivity index (χ3v) is 3.01. The first-order valence-corrected chi connectivity index (χ1v) is 6.30. The molecule has 0 radical (unpaired) electrons. The summed E-state index contributed by atoms with van der Waals surface area (Å²) in [4.78, 5) is 2.12. The number of nitrogens with zero attached hydrogens (tertiary/aromatic N) is 1. The number of likely N-dealkylation sites (N-methyl/N-ethyl adjacent to an activating group) is 1. The minimum Gasteiger partial charge on any atom is -0.390 e. The van der Waals surface area contributed by atoms with Crippen molar-refractivity contribution in [1.29, 1.82) is 0 Å². The molecule has 1 atom stereocenters. The Bertz CT molecular complexity index is 311. The van der Waals surface area contributed by atoms with Crippen molar-refractivity contribution < 1.29 is 5.11 Å². The largest absolute Gasteiger partial charge is 0.390 e. The topological polar surface area (TPSA) is 49.5 Å². The molecule has 1 unspecified atom stereocenters. The van der Waals surface area contributed by atoms with E-state index in [9.17, 15) is 5.11 Å². The van der Waals surface area contributed by atoms with Crippen LogP contribution in [0.4, 0.5) is 0 Å². The summed E-state index contributed by atoms with van der Waals surface area (Å²) in [6.45, 7) is 4.08. The molecular formula is C14H24N2O. The molecule has 0 bridgehead atoms. The Kier molecular flexibility index (Phi) is 6.19. The summed E-state index contributed by atoms with van der Waals surface area (Å²) in [6.07, 6.45) is 1.68. The Morgan fingerprint density at radius 3 is 2.35 bits per heavy atom. The van der Waals surface area contributed by atoms with Crippen molar-refractivity contribution in [2.24, 2.45) is 5.73 Å². The fourth-order valence-electron chi connectivity index (χ4n) is 1.79. The van der Waals surface area contributed by atoms with Gasteiger partial charge in [0.15, 0.2) is 0 Å². The van der Waals surface area contributed by atoms with E-state index in [0.29, 0.717) is 13.1 Å². The van der Waals surface area contributed by atoms with Gasteiger partial charge in [0.2, 0.25) is 0 Å². The normalized spacial score (nSPS) is 13.0. The number of aliphatic hydroxyl groups is 1. The van der Waals surface area contributed by atoms with Crippen molar-refractivity contribution in [2.45, 2.75) is 25.9 Å². The van der Waals surface area contributed by atoms with Crippen LogP contribution in [0, 0.1) is 0 Å². The Balaban J connectivity index is 2.34. The van der Waals surface area contributed by atoms with Crippen LogP contribution in [-0.2, 0) is 12.8 Å². The van der Waals surface area contributed by atoms with Crippen LogP contribution in [0.5, 0.6) is 0 Å². The molecule has 0 amide bonds. The van der Waals surface area contributed by atoms with E-state index in [1.165, 1.54) is 11.1 Å². The van der Waals surface area contributed by atoms with Gasteiger partial charge in [-0.2, -0.15) is 0 Å². The first-order chi connectivity index (χ1) is 8.15. The first kappa shape index (κ1) is 14.2. The zero-order valence-electron chi connectivity index (χ0n) is 10.9. The summed E-state index contributed by atoms with van der Waals surface area (Å²) in [5, 5.41) is 9.43. The molecule has 0 fully saturated rings. The van der Waals surface area contributed by atoms with E-state index in [0.717, 1.165) is 19.4 Å². The van der Waals surface area contributed by atoms with Gasteiger partial charge in [0.05, 0.1) is 6.10 Å². The number of hydrogen-bond donors (Lipinski definition) is 2. The van der Waals surface area contributed by atoms with Crippen LogP contribution in [-0.4, -0.2) is 42.8 Å². The summed E-state index contributed by atoms with van der Waals surface area (Å²) < 4.78 is 0. The van der Waals surface area contributed by atoms with Gasteiger partial charge in [0, 0.05) is 19.6 Å².